The van der Waals surface area contributed by atoms with Gasteiger partial charge in [0, 0.05) is 27.4 Å². The van der Waals surface area contributed by atoms with E-state index in [9.17, 15) is 4.79 Å². The van der Waals surface area contributed by atoms with Crippen molar-refractivity contribution in [1.82, 2.24) is 5.32 Å². The van der Waals surface area contributed by atoms with Gasteiger partial charge < -0.3 is 20.5 Å². The Bertz CT molecular complexity index is 229. The van der Waals surface area contributed by atoms with Crippen LogP contribution in [0, 0.1) is 5.41 Å². The predicted octanol–water partition coefficient (Wildman–Crippen LogP) is -0.107. The van der Waals surface area contributed by atoms with Crippen LogP contribution in [0.25, 0.3) is 0 Å². The number of hydrogen-bond acceptors (Lipinski definition) is 4. The van der Waals surface area contributed by atoms with E-state index in [0.717, 1.165) is 25.9 Å². The van der Waals surface area contributed by atoms with E-state index >= 15 is 0 Å². The number of nitrogens with one attached hydrogen (secondary N) is 1. The maximum absolute atomic E-state index is 11.5. The van der Waals surface area contributed by atoms with E-state index < -0.39 is 6.04 Å². The first-order chi connectivity index (χ1) is 7.63. The van der Waals surface area contributed by atoms with Crippen molar-refractivity contribution in [3.63, 3.8) is 0 Å². The zero-order chi connectivity index (χ0) is 12.0. The lowest BCUT2D eigenvalue weighted by atomic mass is 10.0. The molecule has 1 aliphatic rings. The highest BCUT2D eigenvalue weighted by atomic mass is 16.5. The molecule has 0 heterocycles. The van der Waals surface area contributed by atoms with Crippen LogP contribution in [0.2, 0.25) is 0 Å². The van der Waals surface area contributed by atoms with Crippen molar-refractivity contribution in [1.29, 1.82) is 0 Å². The van der Waals surface area contributed by atoms with Crippen LogP contribution in [-0.4, -0.2) is 45.9 Å². The first-order valence-electron chi connectivity index (χ1n) is 5.65. The molecule has 5 nitrogen and oxygen atoms in total. The van der Waals surface area contributed by atoms with Crippen LogP contribution in [0.4, 0.5) is 0 Å². The van der Waals surface area contributed by atoms with Crippen LogP contribution < -0.4 is 11.1 Å². The van der Waals surface area contributed by atoms with Crippen LogP contribution in [0.5, 0.6) is 0 Å². The second-order valence-electron chi connectivity index (χ2n) is 4.52. The second-order valence-corrected chi connectivity index (χ2v) is 4.52. The molecule has 0 aromatic carbocycles. The van der Waals surface area contributed by atoms with E-state index in [2.05, 4.69) is 5.32 Å². The minimum atomic E-state index is -0.566. The zero-order valence-corrected chi connectivity index (χ0v) is 10.1. The molecule has 1 atom stereocenters. The molecule has 1 saturated carbocycles. The Morgan fingerprint density at radius 2 is 2.12 bits per heavy atom. The molecule has 0 radical (unpaired) electrons. The van der Waals surface area contributed by atoms with Gasteiger partial charge in [-0.1, -0.05) is 0 Å². The number of carbonyl (C=O) groups is 1. The van der Waals surface area contributed by atoms with Crippen LogP contribution in [0.3, 0.4) is 0 Å². The third kappa shape index (κ3) is 4.08. The average Bonchev–Trinajstić information content (AvgIpc) is 3.04. The van der Waals surface area contributed by atoms with E-state index in [-0.39, 0.29) is 17.9 Å². The summed E-state index contributed by atoms with van der Waals surface area (Å²) >= 11 is 0. The monoisotopic (exact) mass is 230 g/mol. The number of rotatable bonds is 8. The summed E-state index contributed by atoms with van der Waals surface area (Å²) in [7, 11) is 3.23. The number of nitrogens with two attached hydrogens (primary N) is 1. The molecule has 0 aliphatic heterocycles. The number of hydrogen-bond donors (Lipinski definition) is 2. The lowest BCUT2D eigenvalue weighted by Crippen LogP contribution is -2.45. The predicted molar refractivity (Wildman–Crippen MR) is 61.0 cm³/mol. The Kier molecular flexibility index (Phi) is 5.18. The topological polar surface area (TPSA) is 73.6 Å². The van der Waals surface area contributed by atoms with Crippen LogP contribution in [0.1, 0.15) is 19.3 Å². The van der Waals surface area contributed by atoms with Gasteiger partial charge in [-0.05, 0) is 24.7 Å². The molecule has 0 bridgehead atoms. The number of carbonyl (C=O) groups excluding carboxylic acids is 1. The molecule has 0 aromatic heterocycles. The van der Waals surface area contributed by atoms with Crippen molar-refractivity contribution in [2.24, 2.45) is 11.1 Å². The summed E-state index contributed by atoms with van der Waals surface area (Å²) in [5, 5.41) is 2.88. The normalized spacial score (nSPS) is 19.2. The van der Waals surface area contributed by atoms with Gasteiger partial charge >= 0.3 is 0 Å². The van der Waals surface area contributed by atoms with E-state index in [1.165, 1.54) is 7.11 Å². The minimum Gasteiger partial charge on any atom is -0.385 e. The molecular formula is C11H22N2O3. The van der Waals surface area contributed by atoms with Gasteiger partial charge in [-0.15, -0.1) is 0 Å². The third-order valence-corrected chi connectivity index (χ3v) is 3.11. The number of methoxy groups -OCH3 is 2. The molecular weight excluding hydrogens is 208 g/mol. The molecule has 3 N–H and O–H groups in total. The Hall–Kier alpha value is -0.650. The first-order valence-corrected chi connectivity index (χ1v) is 5.65. The molecule has 1 rings (SSSR count). The van der Waals surface area contributed by atoms with Crippen molar-refractivity contribution >= 4 is 5.91 Å². The van der Waals surface area contributed by atoms with Crippen LogP contribution in [0.15, 0.2) is 0 Å². The summed E-state index contributed by atoms with van der Waals surface area (Å²) in [4.78, 5) is 11.5. The minimum absolute atomic E-state index is 0.134. The zero-order valence-electron chi connectivity index (χ0n) is 10.1. The van der Waals surface area contributed by atoms with Crippen molar-refractivity contribution in [2.75, 3.05) is 34.0 Å². The van der Waals surface area contributed by atoms with Gasteiger partial charge in [0.2, 0.25) is 5.91 Å². The highest BCUT2D eigenvalue weighted by Gasteiger charge is 2.42. The van der Waals surface area contributed by atoms with Gasteiger partial charge in [-0.25, -0.2) is 0 Å². The van der Waals surface area contributed by atoms with E-state index in [0.29, 0.717) is 6.54 Å². The molecule has 1 fully saturated rings. The Morgan fingerprint density at radius 1 is 1.44 bits per heavy atom. The quantitative estimate of drug-likeness (QED) is 0.610. The van der Waals surface area contributed by atoms with Crippen molar-refractivity contribution in [3.05, 3.63) is 0 Å². The van der Waals surface area contributed by atoms with Crippen molar-refractivity contribution in [2.45, 2.75) is 25.3 Å². The third-order valence-electron chi connectivity index (χ3n) is 3.11. The fourth-order valence-electron chi connectivity index (χ4n) is 1.67. The number of amides is 1. The molecule has 0 saturated heterocycles. The molecule has 16 heavy (non-hydrogen) atoms. The highest BCUT2D eigenvalue weighted by molar-refractivity contribution is 5.81. The van der Waals surface area contributed by atoms with Gasteiger partial charge in [0.15, 0.2) is 0 Å². The Morgan fingerprint density at radius 3 is 2.62 bits per heavy atom. The number of ether oxygens (including phenoxy) is 2. The maximum Gasteiger partial charge on any atom is 0.239 e. The summed E-state index contributed by atoms with van der Waals surface area (Å²) in [6, 6.07) is -0.566. The summed E-state index contributed by atoms with van der Waals surface area (Å²) in [6.07, 6.45) is 3.33. The van der Waals surface area contributed by atoms with Crippen molar-refractivity contribution in [3.8, 4) is 0 Å². The fourth-order valence-corrected chi connectivity index (χ4v) is 1.67. The second kappa shape index (κ2) is 6.18. The van der Waals surface area contributed by atoms with Crippen molar-refractivity contribution < 1.29 is 14.3 Å². The smallest absolute Gasteiger partial charge is 0.239 e. The summed E-state index contributed by atoms with van der Waals surface area (Å²) < 4.78 is 9.88. The highest BCUT2D eigenvalue weighted by Crippen LogP contribution is 2.48. The Labute approximate surface area is 96.7 Å². The average molecular weight is 230 g/mol. The standard InChI is InChI=1S/C11H22N2O3/c1-15-6-5-11(3-4-11)8-13-10(14)9(12)7-16-2/h9H,3-8,12H2,1-2H3,(H,13,14). The molecule has 5 heteroatoms. The van der Waals surface area contributed by atoms with Gasteiger partial charge in [-0.3, -0.25) is 4.79 Å². The summed E-state index contributed by atoms with van der Waals surface area (Å²) in [6.45, 7) is 1.71. The van der Waals surface area contributed by atoms with Gasteiger partial charge in [-0.2, -0.15) is 0 Å². The van der Waals surface area contributed by atoms with E-state index in [4.69, 9.17) is 15.2 Å². The van der Waals surface area contributed by atoms with E-state index in [1.807, 2.05) is 0 Å². The lowest BCUT2D eigenvalue weighted by Gasteiger charge is -2.17. The van der Waals surface area contributed by atoms with Gasteiger partial charge in [0.05, 0.1) is 6.61 Å². The molecule has 94 valence electrons. The maximum atomic E-state index is 11.5. The van der Waals surface area contributed by atoms with Crippen LogP contribution in [-0.2, 0) is 14.3 Å². The molecule has 1 aliphatic carbocycles. The first kappa shape index (κ1) is 13.4. The molecule has 1 amide bonds. The summed E-state index contributed by atoms with van der Waals surface area (Å²) in [5.41, 5.74) is 5.88. The van der Waals surface area contributed by atoms with Gasteiger partial charge in [0.1, 0.15) is 6.04 Å². The van der Waals surface area contributed by atoms with Gasteiger partial charge in [0.25, 0.3) is 0 Å². The van der Waals surface area contributed by atoms with Crippen LogP contribution >= 0.6 is 0 Å². The molecule has 0 spiro atoms. The SMILES string of the molecule is COCCC1(CNC(=O)C(N)COC)CC1. The fraction of sp³-hybridized carbons (Fsp3) is 0.909. The Balaban J connectivity index is 2.21. The van der Waals surface area contributed by atoms with E-state index in [1.54, 1.807) is 7.11 Å². The summed E-state index contributed by atoms with van der Waals surface area (Å²) in [5.74, 6) is -0.134. The largest absolute Gasteiger partial charge is 0.385 e. The lowest BCUT2D eigenvalue weighted by molar-refractivity contribution is -0.123. The molecule has 1 unspecified atom stereocenters. The molecule has 0 aromatic rings.